The largest absolute Gasteiger partial charge is 0.482 e. The second-order valence-corrected chi connectivity index (χ2v) is 7.62. The van der Waals surface area contributed by atoms with Crippen LogP contribution in [0.2, 0.25) is 0 Å². The van der Waals surface area contributed by atoms with Crippen LogP contribution < -0.4 is 4.74 Å². The second kappa shape index (κ2) is 10.2. The Morgan fingerprint density at radius 1 is 0.935 bits per heavy atom. The van der Waals surface area contributed by atoms with E-state index in [-0.39, 0.29) is 0 Å². The van der Waals surface area contributed by atoms with E-state index in [4.69, 9.17) is 9.84 Å². The Hall–Kier alpha value is -3.19. The number of hydrogen-bond donors (Lipinski definition) is 1. The maximum absolute atomic E-state index is 13.2. The first-order valence-electron chi connectivity index (χ1n) is 9.33. The first-order chi connectivity index (χ1) is 14.8. The van der Waals surface area contributed by atoms with Crippen LogP contribution in [0, 0.1) is 0 Å². The predicted octanol–water partition coefficient (Wildman–Crippen LogP) is 6.39. The molecule has 0 aromatic heterocycles. The van der Waals surface area contributed by atoms with Gasteiger partial charge in [0.05, 0.1) is 5.56 Å². The first-order valence-corrected chi connectivity index (χ1v) is 10.3. The van der Waals surface area contributed by atoms with Crippen molar-refractivity contribution in [3.63, 3.8) is 0 Å². The molecule has 0 atom stereocenters. The summed E-state index contributed by atoms with van der Waals surface area (Å²) in [4.78, 5) is 11.5. The van der Waals surface area contributed by atoms with Crippen LogP contribution in [0.15, 0.2) is 89.8 Å². The summed E-state index contributed by atoms with van der Waals surface area (Å²) in [6.07, 6.45) is -2.50. The van der Waals surface area contributed by atoms with Gasteiger partial charge in [0.25, 0.3) is 0 Å². The molecule has 0 aliphatic heterocycles. The zero-order valence-corrected chi connectivity index (χ0v) is 17.1. The summed E-state index contributed by atoms with van der Waals surface area (Å²) in [5.74, 6) is -0.0571. The molecule has 160 valence electrons. The van der Waals surface area contributed by atoms with Gasteiger partial charge in [-0.15, -0.1) is 11.8 Å². The number of carboxylic acids is 1. The number of carboxylic acid groups (broad SMARTS) is 1. The molecular formula is C24H19F3O3S. The summed E-state index contributed by atoms with van der Waals surface area (Å²) >= 11 is 1.51. The molecule has 0 radical (unpaired) electrons. The lowest BCUT2D eigenvalue weighted by Crippen LogP contribution is -2.09. The van der Waals surface area contributed by atoms with E-state index < -0.39 is 24.3 Å². The highest BCUT2D eigenvalue weighted by molar-refractivity contribution is 7.99. The number of aliphatic carboxylic acids is 1. The van der Waals surface area contributed by atoms with Crippen LogP contribution in [-0.2, 0) is 11.0 Å². The fourth-order valence-corrected chi connectivity index (χ4v) is 3.65. The van der Waals surface area contributed by atoms with Gasteiger partial charge < -0.3 is 9.84 Å². The smallest absolute Gasteiger partial charge is 0.416 e. The number of ether oxygens (including phenoxy) is 1. The Bertz CT molecular complexity index is 1050. The van der Waals surface area contributed by atoms with Crippen molar-refractivity contribution < 1.29 is 27.8 Å². The molecule has 0 heterocycles. The number of hydrogen-bond acceptors (Lipinski definition) is 3. The standard InChI is InChI=1S/C24H19F3O3S/c25-24(26,27)19-8-4-7-18(15-19)22(17-5-2-1-3-6-17)13-14-31-21-11-9-20(10-12-21)30-16-23(28)29/h1-13,15H,14,16H2,(H,28,29)/b22-13+. The van der Waals surface area contributed by atoms with Crippen LogP contribution in [0.3, 0.4) is 0 Å². The summed E-state index contributed by atoms with van der Waals surface area (Å²) in [5, 5.41) is 8.65. The summed E-state index contributed by atoms with van der Waals surface area (Å²) in [7, 11) is 0. The molecule has 3 rings (SSSR count). The van der Waals surface area contributed by atoms with Crippen LogP contribution in [-0.4, -0.2) is 23.4 Å². The van der Waals surface area contributed by atoms with Crippen molar-refractivity contribution in [3.05, 3.63) is 102 Å². The quantitative estimate of drug-likeness (QED) is 0.409. The maximum Gasteiger partial charge on any atom is 0.416 e. The monoisotopic (exact) mass is 444 g/mol. The van der Waals surface area contributed by atoms with Crippen LogP contribution in [0.25, 0.3) is 5.57 Å². The van der Waals surface area contributed by atoms with Gasteiger partial charge in [-0.3, -0.25) is 0 Å². The Balaban J connectivity index is 1.79. The van der Waals surface area contributed by atoms with Crippen molar-refractivity contribution in [1.29, 1.82) is 0 Å². The van der Waals surface area contributed by atoms with E-state index in [9.17, 15) is 18.0 Å². The molecule has 0 bridgehead atoms. The van der Waals surface area contributed by atoms with Crippen molar-refractivity contribution in [1.82, 2.24) is 0 Å². The Labute approximate surface area is 182 Å². The van der Waals surface area contributed by atoms with Gasteiger partial charge >= 0.3 is 12.1 Å². The summed E-state index contributed by atoms with van der Waals surface area (Å²) in [6, 6.07) is 21.6. The van der Waals surface area contributed by atoms with Gasteiger partial charge in [-0.25, -0.2) is 4.79 Å². The summed E-state index contributed by atoms with van der Waals surface area (Å²) in [6.45, 7) is -0.410. The first kappa shape index (κ1) is 22.5. The highest BCUT2D eigenvalue weighted by Gasteiger charge is 2.30. The molecule has 3 nitrogen and oxygen atoms in total. The van der Waals surface area contributed by atoms with Crippen LogP contribution in [0.1, 0.15) is 16.7 Å². The number of halogens is 3. The Morgan fingerprint density at radius 2 is 1.61 bits per heavy atom. The molecule has 0 unspecified atom stereocenters. The lowest BCUT2D eigenvalue weighted by Gasteiger charge is -2.12. The third-order valence-corrected chi connectivity index (χ3v) is 5.25. The van der Waals surface area contributed by atoms with Gasteiger partial charge in [-0.1, -0.05) is 48.5 Å². The minimum atomic E-state index is -4.41. The average molecular weight is 444 g/mol. The minimum absolute atomic E-state index is 0.410. The number of benzene rings is 3. The number of thioether (sulfide) groups is 1. The zero-order valence-electron chi connectivity index (χ0n) is 16.3. The van der Waals surface area contributed by atoms with Gasteiger partial charge in [0, 0.05) is 10.6 Å². The average Bonchev–Trinajstić information content (AvgIpc) is 2.76. The highest BCUT2D eigenvalue weighted by Crippen LogP contribution is 2.33. The normalized spacial score (nSPS) is 11.9. The van der Waals surface area contributed by atoms with Crippen molar-refractivity contribution in [2.24, 2.45) is 0 Å². The van der Waals surface area contributed by atoms with Gasteiger partial charge in [0.15, 0.2) is 6.61 Å². The van der Waals surface area contributed by atoms with E-state index in [0.29, 0.717) is 17.1 Å². The third-order valence-electron chi connectivity index (χ3n) is 4.31. The van der Waals surface area contributed by atoms with Crippen molar-refractivity contribution >= 4 is 23.3 Å². The van der Waals surface area contributed by atoms with E-state index in [1.165, 1.54) is 17.8 Å². The van der Waals surface area contributed by atoms with Gasteiger partial charge in [0.2, 0.25) is 0 Å². The van der Waals surface area contributed by atoms with Gasteiger partial charge in [-0.05, 0) is 53.1 Å². The fraction of sp³-hybridized carbons (Fsp3) is 0.125. The zero-order chi connectivity index (χ0) is 22.3. The van der Waals surface area contributed by atoms with E-state index in [2.05, 4.69) is 0 Å². The second-order valence-electron chi connectivity index (χ2n) is 6.53. The molecule has 0 fully saturated rings. The predicted molar refractivity (Wildman–Crippen MR) is 115 cm³/mol. The molecule has 7 heteroatoms. The molecule has 0 aliphatic rings. The van der Waals surface area contributed by atoms with Crippen molar-refractivity contribution in [2.45, 2.75) is 11.1 Å². The Morgan fingerprint density at radius 3 is 2.26 bits per heavy atom. The number of rotatable bonds is 8. The fourth-order valence-electron chi connectivity index (χ4n) is 2.88. The van der Waals surface area contributed by atoms with E-state index in [1.807, 2.05) is 48.5 Å². The molecule has 0 saturated heterocycles. The topological polar surface area (TPSA) is 46.5 Å². The molecule has 0 spiro atoms. The minimum Gasteiger partial charge on any atom is -0.482 e. The SMILES string of the molecule is O=C(O)COc1ccc(SC/C=C(\c2ccccc2)c2cccc(C(F)(F)F)c2)cc1. The summed E-state index contributed by atoms with van der Waals surface area (Å²) < 4.78 is 44.6. The van der Waals surface area contributed by atoms with Crippen LogP contribution in [0.5, 0.6) is 5.75 Å². The molecule has 3 aromatic rings. The van der Waals surface area contributed by atoms with Crippen molar-refractivity contribution in [3.8, 4) is 5.75 Å². The number of alkyl halides is 3. The van der Waals surface area contributed by atoms with E-state index >= 15 is 0 Å². The molecule has 1 N–H and O–H groups in total. The van der Waals surface area contributed by atoms with E-state index in [0.717, 1.165) is 28.2 Å². The molecule has 0 aliphatic carbocycles. The maximum atomic E-state index is 13.2. The molecule has 31 heavy (non-hydrogen) atoms. The molecule has 0 amide bonds. The molecule has 3 aromatic carbocycles. The number of carbonyl (C=O) groups is 1. The summed E-state index contributed by atoms with van der Waals surface area (Å²) in [5.41, 5.74) is 1.37. The van der Waals surface area contributed by atoms with Crippen LogP contribution >= 0.6 is 11.8 Å². The lowest BCUT2D eigenvalue weighted by molar-refractivity contribution is -0.139. The van der Waals surface area contributed by atoms with E-state index in [1.54, 1.807) is 18.2 Å². The highest BCUT2D eigenvalue weighted by atomic mass is 32.2. The van der Waals surface area contributed by atoms with Crippen LogP contribution in [0.4, 0.5) is 13.2 Å². The third kappa shape index (κ3) is 6.65. The molecule has 0 saturated carbocycles. The Kier molecular flexibility index (Phi) is 7.41. The lowest BCUT2D eigenvalue weighted by atomic mass is 9.96. The van der Waals surface area contributed by atoms with Gasteiger partial charge in [0.1, 0.15) is 5.75 Å². The van der Waals surface area contributed by atoms with Crippen molar-refractivity contribution in [2.75, 3.05) is 12.4 Å². The van der Waals surface area contributed by atoms with Gasteiger partial charge in [-0.2, -0.15) is 13.2 Å². The molecular weight excluding hydrogens is 425 g/mol.